The number of carbonyl (C=O) groups excluding carboxylic acids is 1. The van der Waals surface area contributed by atoms with Crippen molar-refractivity contribution in [2.75, 3.05) is 24.5 Å². The van der Waals surface area contributed by atoms with Crippen LogP contribution in [0.4, 0.5) is 10.1 Å². The number of nitrogens with zero attached hydrogens (tertiary/aromatic N) is 2. The predicted molar refractivity (Wildman–Crippen MR) is 88.1 cm³/mol. The molecule has 2 aliphatic rings. The number of amides is 1. The van der Waals surface area contributed by atoms with Gasteiger partial charge in [-0.3, -0.25) is 9.69 Å². The minimum absolute atomic E-state index is 0.0332. The number of halogens is 2. The predicted octanol–water partition coefficient (Wildman–Crippen LogP) is 2.68. The van der Waals surface area contributed by atoms with Crippen LogP contribution in [0.25, 0.3) is 0 Å². The van der Waals surface area contributed by atoms with E-state index in [9.17, 15) is 14.3 Å². The van der Waals surface area contributed by atoms with Gasteiger partial charge in [0.05, 0.1) is 17.2 Å². The molecule has 2 fully saturated rings. The van der Waals surface area contributed by atoms with Gasteiger partial charge in [-0.1, -0.05) is 11.6 Å². The normalized spacial score (nSPS) is 27.5. The number of rotatable bonds is 3. The first-order chi connectivity index (χ1) is 11.0. The fraction of sp³-hybridized carbons (Fsp3) is 0.588. The average Bonchev–Trinajstić information content (AvgIpc) is 2.92. The van der Waals surface area contributed by atoms with E-state index in [2.05, 4.69) is 4.90 Å². The summed E-state index contributed by atoms with van der Waals surface area (Å²) in [6, 6.07) is 4.24. The van der Waals surface area contributed by atoms with E-state index in [4.69, 9.17) is 11.6 Å². The molecule has 0 saturated carbocycles. The van der Waals surface area contributed by atoms with E-state index in [1.165, 1.54) is 12.1 Å². The van der Waals surface area contributed by atoms with E-state index >= 15 is 0 Å². The molecule has 6 heteroatoms. The van der Waals surface area contributed by atoms with Gasteiger partial charge < -0.3 is 10.0 Å². The maximum Gasteiger partial charge on any atom is 0.244 e. The number of carbonyl (C=O) groups is 1. The number of aliphatic hydroxyl groups excluding tert-OH is 1. The number of hydrogen-bond acceptors (Lipinski definition) is 3. The van der Waals surface area contributed by atoms with Crippen LogP contribution in [0.2, 0.25) is 5.02 Å². The molecule has 0 aromatic heterocycles. The molecule has 0 radical (unpaired) electrons. The van der Waals surface area contributed by atoms with Crippen molar-refractivity contribution < 1.29 is 14.3 Å². The Balaban J connectivity index is 1.72. The van der Waals surface area contributed by atoms with Gasteiger partial charge >= 0.3 is 0 Å². The molecule has 0 spiro atoms. The number of piperidine rings is 1. The minimum atomic E-state index is -0.477. The fourth-order valence-corrected chi connectivity index (χ4v) is 3.80. The second kappa shape index (κ2) is 6.75. The highest BCUT2D eigenvalue weighted by Gasteiger charge is 2.39. The van der Waals surface area contributed by atoms with Crippen LogP contribution in [-0.4, -0.2) is 47.7 Å². The Bertz CT molecular complexity index is 596. The minimum Gasteiger partial charge on any atom is -0.393 e. The molecular weight excluding hydrogens is 319 g/mol. The summed E-state index contributed by atoms with van der Waals surface area (Å²) < 4.78 is 13.3. The molecule has 3 atom stereocenters. The van der Waals surface area contributed by atoms with Gasteiger partial charge in [-0.05, 0) is 56.8 Å². The number of aliphatic hydroxyl groups is 1. The van der Waals surface area contributed by atoms with Crippen molar-refractivity contribution in [2.45, 2.75) is 38.3 Å². The van der Waals surface area contributed by atoms with Crippen molar-refractivity contribution in [1.82, 2.24) is 4.90 Å². The van der Waals surface area contributed by atoms with Gasteiger partial charge in [0.1, 0.15) is 5.82 Å². The summed E-state index contributed by atoms with van der Waals surface area (Å²) in [5.41, 5.74) is 0.646. The van der Waals surface area contributed by atoms with Gasteiger partial charge in [0.15, 0.2) is 0 Å². The first-order valence-corrected chi connectivity index (χ1v) is 8.53. The van der Waals surface area contributed by atoms with Gasteiger partial charge in [-0.2, -0.15) is 0 Å². The highest BCUT2D eigenvalue weighted by atomic mass is 35.5. The molecule has 4 nitrogen and oxygen atoms in total. The Morgan fingerprint density at radius 1 is 1.35 bits per heavy atom. The highest BCUT2D eigenvalue weighted by Crippen LogP contribution is 2.30. The maximum absolute atomic E-state index is 13.3. The summed E-state index contributed by atoms with van der Waals surface area (Å²) in [7, 11) is 0. The molecule has 2 heterocycles. The summed E-state index contributed by atoms with van der Waals surface area (Å²) in [4.78, 5) is 16.6. The molecule has 1 aromatic rings. The first kappa shape index (κ1) is 16.7. The Kier molecular flexibility index (Phi) is 4.90. The van der Waals surface area contributed by atoms with Crippen molar-refractivity contribution in [1.29, 1.82) is 0 Å². The SMILES string of the molecule is C[C@H](O)[C@@H]1CCCN([C@H]2CCN(c3ccc(F)c(Cl)c3)C2=O)C1. The highest BCUT2D eigenvalue weighted by molar-refractivity contribution is 6.31. The zero-order chi connectivity index (χ0) is 16.6. The molecule has 3 rings (SSSR count). The van der Waals surface area contributed by atoms with Crippen molar-refractivity contribution in [2.24, 2.45) is 5.92 Å². The number of anilines is 1. The lowest BCUT2D eigenvalue weighted by atomic mass is 9.92. The van der Waals surface area contributed by atoms with Gasteiger partial charge in [0.2, 0.25) is 5.91 Å². The van der Waals surface area contributed by atoms with E-state index in [0.717, 1.165) is 32.4 Å². The topological polar surface area (TPSA) is 43.8 Å². The number of benzene rings is 1. The Hall–Kier alpha value is -1.17. The van der Waals surface area contributed by atoms with Crippen molar-refractivity contribution in [3.63, 3.8) is 0 Å². The molecule has 1 amide bonds. The monoisotopic (exact) mass is 340 g/mol. The van der Waals surface area contributed by atoms with Crippen LogP contribution < -0.4 is 4.90 Å². The van der Waals surface area contributed by atoms with Gasteiger partial charge in [0.25, 0.3) is 0 Å². The Morgan fingerprint density at radius 3 is 2.83 bits per heavy atom. The summed E-state index contributed by atoms with van der Waals surface area (Å²) in [6.45, 7) is 4.07. The Labute approximate surface area is 140 Å². The third-order valence-corrected chi connectivity index (χ3v) is 5.29. The van der Waals surface area contributed by atoms with E-state index in [0.29, 0.717) is 12.2 Å². The van der Waals surface area contributed by atoms with Crippen LogP contribution >= 0.6 is 11.6 Å². The van der Waals surface area contributed by atoms with Crippen LogP contribution in [0.1, 0.15) is 26.2 Å². The van der Waals surface area contributed by atoms with Crippen LogP contribution in [0.5, 0.6) is 0 Å². The standard InChI is InChI=1S/C17H22ClFN2O2/c1-11(22)12-3-2-7-20(10-12)16-6-8-21(17(16)23)13-4-5-15(19)14(18)9-13/h4-5,9,11-12,16,22H,2-3,6-8,10H2,1H3/t11-,12+,16-/m0/s1. The second-order valence-electron chi connectivity index (χ2n) is 6.53. The zero-order valence-electron chi connectivity index (χ0n) is 13.2. The van der Waals surface area contributed by atoms with Crippen molar-refractivity contribution in [3.8, 4) is 0 Å². The van der Waals surface area contributed by atoms with E-state index in [1.807, 2.05) is 6.92 Å². The lowest BCUT2D eigenvalue weighted by Crippen LogP contribution is -2.48. The summed E-state index contributed by atoms with van der Waals surface area (Å²) in [5, 5.41) is 9.85. The quantitative estimate of drug-likeness (QED) is 0.920. The molecule has 2 saturated heterocycles. The van der Waals surface area contributed by atoms with Gasteiger partial charge in [-0.15, -0.1) is 0 Å². The zero-order valence-corrected chi connectivity index (χ0v) is 14.0. The van der Waals surface area contributed by atoms with Crippen molar-refractivity contribution in [3.05, 3.63) is 29.0 Å². The number of likely N-dealkylation sites (tertiary alicyclic amines) is 1. The average molecular weight is 341 g/mol. The maximum atomic E-state index is 13.3. The smallest absolute Gasteiger partial charge is 0.244 e. The summed E-state index contributed by atoms with van der Waals surface area (Å²) >= 11 is 5.83. The lowest BCUT2D eigenvalue weighted by molar-refractivity contribution is -0.122. The van der Waals surface area contributed by atoms with Crippen LogP contribution in [0, 0.1) is 11.7 Å². The Morgan fingerprint density at radius 2 is 2.13 bits per heavy atom. The van der Waals surface area contributed by atoms with Crippen molar-refractivity contribution >= 4 is 23.2 Å². The van der Waals surface area contributed by atoms with Crippen LogP contribution in [0.3, 0.4) is 0 Å². The summed E-state index contributed by atoms with van der Waals surface area (Å²) in [5.74, 6) is -0.209. The molecule has 0 unspecified atom stereocenters. The van der Waals surface area contributed by atoms with Crippen LogP contribution in [-0.2, 0) is 4.79 Å². The third-order valence-electron chi connectivity index (χ3n) is 5.00. The molecule has 2 aliphatic heterocycles. The van der Waals surface area contributed by atoms with E-state index < -0.39 is 5.82 Å². The van der Waals surface area contributed by atoms with Crippen LogP contribution in [0.15, 0.2) is 18.2 Å². The van der Waals surface area contributed by atoms with E-state index in [1.54, 1.807) is 11.0 Å². The lowest BCUT2D eigenvalue weighted by Gasteiger charge is -2.37. The molecule has 23 heavy (non-hydrogen) atoms. The van der Waals surface area contributed by atoms with Gasteiger partial charge in [-0.25, -0.2) is 4.39 Å². The molecular formula is C17H22ClFN2O2. The number of hydrogen-bond donors (Lipinski definition) is 1. The first-order valence-electron chi connectivity index (χ1n) is 8.16. The largest absolute Gasteiger partial charge is 0.393 e. The summed E-state index contributed by atoms with van der Waals surface area (Å²) in [6.07, 6.45) is 2.41. The molecule has 0 aliphatic carbocycles. The second-order valence-corrected chi connectivity index (χ2v) is 6.94. The molecule has 126 valence electrons. The van der Waals surface area contributed by atoms with Gasteiger partial charge in [0, 0.05) is 18.8 Å². The molecule has 1 N–H and O–H groups in total. The van der Waals surface area contributed by atoms with E-state index in [-0.39, 0.29) is 29.0 Å². The molecule has 0 bridgehead atoms. The molecule has 1 aromatic carbocycles. The fourth-order valence-electron chi connectivity index (χ4n) is 3.63. The third kappa shape index (κ3) is 3.37.